The number of rotatable bonds is 7. The van der Waals surface area contributed by atoms with E-state index in [0.29, 0.717) is 23.7 Å². The Balaban J connectivity index is 1.72. The van der Waals surface area contributed by atoms with Crippen LogP contribution in [0.5, 0.6) is 11.5 Å². The van der Waals surface area contributed by atoms with Gasteiger partial charge in [-0.05, 0) is 60.7 Å². The van der Waals surface area contributed by atoms with Crippen molar-refractivity contribution >= 4 is 52.2 Å². The predicted molar refractivity (Wildman–Crippen MR) is 117 cm³/mol. The van der Waals surface area contributed by atoms with Crippen molar-refractivity contribution < 1.29 is 28.2 Å². The maximum atomic E-state index is 13.2. The lowest BCUT2D eigenvalue weighted by Crippen LogP contribution is -2.36. The number of nitrogens with one attached hydrogen (secondary N) is 1. The summed E-state index contributed by atoms with van der Waals surface area (Å²) in [5.74, 6) is -0.771. The molecule has 3 amide bonds. The van der Waals surface area contributed by atoms with E-state index in [2.05, 4.69) is 5.32 Å². The Morgan fingerprint density at radius 1 is 1.23 bits per heavy atom. The van der Waals surface area contributed by atoms with Gasteiger partial charge in [0.2, 0.25) is 5.91 Å². The van der Waals surface area contributed by atoms with Gasteiger partial charge in [0, 0.05) is 5.69 Å². The summed E-state index contributed by atoms with van der Waals surface area (Å²) in [6.07, 6.45) is 1.55. The first-order chi connectivity index (χ1) is 14.8. The van der Waals surface area contributed by atoms with Gasteiger partial charge in [-0.15, -0.1) is 0 Å². The lowest BCUT2D eigenvalue weighted by atomic mass is 10.2. The molecule has 1 aliphatic heterocycles. The van der Waals surface area contributed by atoms with Crippen LogP contribution >= 0.6 is 23.4 Å². The van der Waals surface area contributed by atoms with Crippen LogP contribution in [-0.2, 0) is 9.59 Å². The largest absolute Gasteiger partial charge is 0.493 e. The summed E-state index contributed by atoms with van der Waals surface area (Å²) in [7, 11) is 1.52. The highest BCUT2D eigenvalue weighted by Gasteiger charge is 2.36. The number of hydrogen-bond donors (Lipinski definition) is 1. The van der Waals surface area contributed by atoms with Crippen LogP contribution in [0.3, 0.4) is 0 Å². The van der Waals surface area contributed by atoms with Crippen LogP contribution < -0.4 is 14.8 Å². The molecule has 3 rings (SSSR count). The number of benzene rings is 2. The molecule has 162 valence electrons. The monoisotopic (exact) mass is 464 g/mol. The Labute approximate surface area is 187 Å². The molecule has 0 bridgehead atoms. The number of nitrogens with zero attached hydrogens (tertiary/aromatic N) is 1. The summed E-state index contributed by atoms with van der Waals surface area (Å²) >= 11 is 6.42. The molecule has 0 radical (unpaired) electrons. The minimum Gasteiger partial charge on any atom is -0.493 e. The molecule has 1 fully saturated rings. The molecule has 1 heterocycles. The molecule has 1 saturated heterocycles. The van der Waals surface area contributed by atoms with Crippen molar-refractivity contribution in [2.45, 2.75) is 6.92 Å². The number of halogens is 2. The van der Waals surface area contributed by atoms with Gasteiger partial charge < -0.3 is 14.8 Å². The molecule has 0 saturated carbocycles. The number of amides is 3. The molecular weight excluding hydrogens is 447 g/mol. The van der Waals surface area contributed by atoms with Gasteiger partial charge in [0.25, 0.3) is 11.1 Å². The van der Waals surface area contributed by atoms with E-state index in [-0.39, 0.29) is 15.6 Å². The lowest BCUT2D eigenvalue weighted by molar-refractivity contribution is -0.127. The zero-order valence-corrected chi connectivity index (χ0v) is 18.2. The summed E-state index contributed by atoms with van der Waals surface area (Å²) < 4.78 is 24.0. The van der Waals surface area contributed by atoms with Crippen LogP contribution in [0, 0.1) is 5.82 Å². The molecule has 7 nitrogen and oxygen atoms in total. The Morgan fingerprint density at radius 2 is 2.00 bits per heavy atom. The number of carbonyl (C=O) groups is 3. The number of hydrogen-bond acceptors (Lipinski definition) is 6. The number of carbonyl (C=O) groups excluding carboxylic acids is 3. The topological polar surface area (TPSA) is 84.9 Å². The number of anilines is 1. The summed E-state index contributed by atoms with van der Waals surface area (Å²) in [5, 5.41) is 1.76. The molecule has 10 heteroatoms. The fourth-order valence-electron chi connectivity index (χ4n) is 2.76. The molecule has 2 aromatic rings. The van der Waals surface area contributed by atoms with Gasteiger partial charge in [0.1, 0.15) is 12.4 Å². The van der Waals surface area contributed by atoms with E-state index in [9.17, 15) is 18.8 Å². The van der Waals surface area contributed by atoms with Gasteiger partial charge in [-0.3, -0.25) is 19.3 Å². The highest BCUT2D eigenvalue weighted by atomic mass is 35.5. The van der Waals surface area contributed by atoms with E-state index in [1.165, 1.54) is 19.2 Å². The Hall–Kier alpha value is -3.04. The number of ether oxygens (including phenoxy) is 2. The number of methoxy groups -OCH3 is 1. The Bertz CT molecular complexity index is 1080. The summed E-state index contributed by atoms with van der Waals surface area (Å²) in [5.41, 5.74) is 0.890. The van der Waals surface area contributed by atoms with E-state index in [1.807, 2.05) is 6.92 Å². The average Bonchev–Trinajstić information content (AvgIpc) is 2.98. The van der Waals surface area contributed by atoms with Crippen molar-refractivity contribution in [2.24, 2.45) is 0 Å². The quantitative estimate of drug-likeness (QED) is 0.604. The van der Waals surface area contributed by atoms with Crippen LogP contribution in [0.25, 0.3) is 6.08 Å². The summed E-state index contributed by atoms with van der Waals surface area (Å²) in [6.45, 7) is 1.79. The second-order valence-electron chi connectivity index (χ2n) is 6.29. The molecule has 0 unspecified atom stereocenters. The highest BCUT2D eigenvalue weighted by molar-refractivity contribution is 8.18. The molecule has 2 aromatic carbocycles. The smallest absolute Gasteiger partial charge is 0.294 e. The summed E-state index contributed by atoms with van der Waals surface area (Å²) in [6, 6.07) is 8.78. The van der Waals surface area contributed by atoms with E-state index >= 15 is 0 Å². The van der Waals surface area contributed by atoms with E-state index in [4.69, 9.17) is 21.1 Å². The van der Waals surface area contributed by atoms with Crippen molar-refractivity contribution in [3.63, 3.8) is 0 Å². The molecule has 0 aliphatic carbocycles. The predicted octanol–water partition coefficient (Wildman–Crippen LogP) is 4.56. The summed E-state index contributed by atoms with van der Waals surface area (Å²) in [4.78, 5) is 38.2. The normalized spacial score (nSPS) is 14.8. The molecular formula is C21H18ClFN2O5S. The molecule has 1 N–H and O–H groups in total. The molecule has 0 atom stereocenters. The third kappa shape index (κ3) is 5.36. The Morgan fingerprint density at radius 3 is 2.68 bits per heavy atom. The Kier molecular flexibility index (Phi) is 7.19. The second kappa shape index (κ2) is 9.84. The van der Waals surface area contributed by atoms with Crippen LogP contribution in [0.2, 0.25) is 5.02 Å². The first-order valence-electron chi connectivity index (χ1n) is 9.13. The van der Waals surface area contributed by atoms with Crippen molar-refractivity contribution in [3.8, 4) is 11.5 Å². The minimum atomic E-state index is -0.623. The lowest BCUT2D eigenvalue weighted by Gasteiger charge is -2.12. The standard InChI is InChI=1S/C21H18ClFN2O5S/c1-3-30-17-8-12(4-7-16(17)29-2)9-18-20(27)25(21(28)31-18)11-19(26)24-13-5-6-15(23)14(22)10-13/h4-10H,3,11H2,1-2H3,(H,24,26)/b18-9+. The fourth-order valence-corrected chi connectivity index (χ4v) is 3.78. The number of thioether (sulfide) groups is 1. The number of imide groups is 1. The SMILES string of the molecule is CCOc1cc(/C=C2/SC(=O)N(CC(=O)Nc3ccc(F)c(Cl)c3)C2=O)ccc1OC. The van der Waals surface area contributed by atoms with Crippen LogP contribution in [0.15, 0.2) is 41.3 Å². The van der Waals surface area contributed by atoms with Crippen molar-refractivity contribution in [3.05, 3.63) is 57.7 Å². The van der Waals surface area contributed by atoms with E-state index in [1.54, 1.807) is 24.3 Å². The highest BCUT2D eigenvalue weighted by Crippen LogP contribution is 2.34. The second-order valence-corrected chi connectivity index (χ2v) is 7.69. The fraction of sp³-hybridized carbons (Fsp3) is 0.190. The van der Waals surface area contributed by atoms with Crippen LogP contribution in [0.4, 0.5) is 14.9 Å². The van der Waals surface area contributed by atoms with Gasteiger partial charge in [0.15, 0.2) is 11.5 Å². The van der Waals surface area contributed by atoms with Gasteiger partial charge in [-0.1, -0.05) is 17.7 Å². The van der Waals surface area contributed by atoms with Crippen molar-refractivity contribution in [1.29, 1.82) is 0 Å². The van der Waals surface area contributed by atoms with Gasteiger partial charge in [0.05, 0.1) is 23.6 Å². The van der Waals surface area contributed by atoms with Gasteiger partial charge >= 0.3 is 0 Å². The van der Waals surface area contributed by atoms with Gasteiger partial charge in [-0.25, -0.2) is 4.39 Å². The van der Waals surface area contributed by atoms with Crippen molar-refractivity contribution in [1.82, 2.24) is 4.90 Å². The molecule has 0 aromatic heterocycles. The van der Waals surface area contributed by atoms with Crippen LogP contribution in [-0.4, -0.2) is 42.2 Å². The third-order valence-corrected chi connectivity index (χ3v) is 5.36. The first kappa shape index (κ1) is 22.6. The zero-order chi connectivity index (χ0) is 22.5. The van der Waals surface area contributed by atoms with Crippen molar-refractivity contribution in [2.75, 3.05) is 25.6 Å². The zero-order valence-electron chi connectivity index (χ0n) is 16.6. The third-order valence-electron chi connectivity index (χ3n) is 4.16. The van der Waals surface area contributed by atoms with E-state index < -0.39 is 29.4 Å². The maximum absolute atomic E-state index is 13.2. The molecule has 31 heavy (non-hydrogen) atoms. The minimum absolute atomic E-state index is 0.155. The van der Waals surface area contributed by atoms with Crippen LogP contribution in [0.1, 0.15) is 12.5 Å². The molecule has 0 spiro atoms. The van der Waals surface area contributed by atoms with Gasteiger partial charge in [-0.2, -0.15) is 0 Å². The maximum Gasteiger partial charge on any atom is 0.294 e. The average molecular weight is 465 g/mol. The van der Waals surface area contributed by atoms with E-state index in [0.717, 1.165) is 22.7 Å². The molecule has 1 aliphatic rings. The first-order valence-corrected chi connectivity index (χ1v) is 10.3.